The predicted molar refractivity (Wildman–Crippen MR) is 82.7 cm³/mol. The lowest BCUT2D eigenvalue weighted by atomic mass is 9.46. The van der Waals surface area contributed by atoms with Crippen molar-refractivity contribution < 1.29 is 9.90 Å². The Morgan fingerprint density at radius 3 is 2.81 bits per heavy atom. The third kappa shape index (κ3) is 1.84. The molecule has 4 aliphatic rings. The zero-order valence-electron chi connectivity index (χ0n) is 13.4. The monoisotopic (exact) mass is 288 g/mol. The molecule has 21 heavy (non-hydrogen) atoms. The smallest absolute Gasteiger partial charge is 0.155 e. The van der Waals surface area contributed by atoms with Crippen LogP contribution in [-0.2, 0) is 4.79 Å². The Morgan fingerprint density at radius 1 is 1.19 bits per heavy atom. The summed E-state index contributed by atoms with van der Waals surface area (Å²) < 4.78 is 0. The van der Waals surface area contributed by atoms with Gasteiger partial charge in [-0.2, -0.15) is 0 Å². The largest absolute Gasteiger partial charge is 0.393 e. The van der Waals surface area contributed by atoms with Gasteiger partial charge >= 0.3 is 0 Å². The summed E-state index contributed by atoms with van der Waals surface area (Å²) >= 11 is 0. The summed E-state index contributed by atoms with van der Waals surface area (Å²) in [7, 11) is 0. The first-order valence-corrected chi connectivity index (χ1v) is 8.86. The average Bonchev–Trinajstić information content (AvgIpc) is 2.80. The highest BCUT2D eigenvalue weighted by atomic mass is 16.3. The van der Waals surface area contributed by atoms with Gasteiger partial charge < -0.3 is 5.11 Å². The van der Waals surface area contributed by atoms with Crippen LogP contribution >= 0.6 is 0 Å². The molecule has 0 heterocycles. The van der Waals surface area contributed by atoms with Crippen molar-refractivity contribution >= 4 is 5.78 Å². The summed E-state index contributed by atoms with van der Waals surface area (Å²) in [5.41, 5.74) is 1.81. The molecule has 0 aromatic heterocycles. The van der Waals surface area contributed by atoms with Crippen LogP contribution in [0.4, 0.5) is 0 Å². The summed E-state index contributed by atoms with van der Waals surface area (Å²) in [6.07, 6.45) is 10.7. The quantitative estimate of drug-likeness (QED) is 0.734. The summed E-state index contributed by atoms with van der Waals surface area (Å²) in [5.74, 6) is 2.18. The first-order chi connectivity index (χ1) is 9.94. The molecule has 6 atom stereocenters. The van der Waals surface area contributed by atoms with E-state index >= 15 is 0 Å². The van der Waals surface area contributed by atoms with Crippen molar-refractivity contribution in [2.24, 2.45) is 28.6 Å². The minimum atomic E-state index is -0.170. The molecule has 3 fully saturated rings. The van der Waals surface area contributed by atoms with E-state index in [0.717, 1.165) is 25.2 Å². The highest BCUT2D eigenvalue weighted by molar-refractivity contribution is 5.91. The van der Waals surface area contributed by atoms with Gasteiger partial charge in [-0.15, -0.1) is 0 Å². The lowest BCUT2D eigenvalue weighted by Crippen LogP contribution is -2.55. The molecule has 0 saturated heterocycles. The minimum Gasteiger partial charge on any atom is -0.393 e. The van der Waals surface area contributed by atoms with E-state index in [4.69, 9.17) is 0 Å². The molecule has 2 heteroatoms. The molecule has 1 N–H and O–H groups in total. The average molecular weight is 288 g/mol. The van der Waals surface area contributed by atoms with Crippen molar-refractivity contribution in [3.63, 3.8) is 0 Å². The van der Waals surface area contributed by atoms with Crippen LogP contribution in [-0.4, -0.2) is 17.0 Å². The Morgan fingerprint density at radius 2 is 2.00 bits per heavy atom. The molecular formula is C19H28O2. The van der Waals surface area contributed by atoms with Gasteiger partial charge in [0.05, 0.1) is 6.10 Å². The molecule has 116 valence electrons. The lowest BCUT2D eigenvalue weighted by molar-refractivity contribution is -0.127. The van der Waals surface area contributed by atoms with Gasteiger partial charge in [-0.25, -0.2) is 0 Å². The number of carbonyl (C=O) groups is 1. The van der Waals surface area contributed by atoms with Gasteiger partial charge in [0.2, 0.25) is 0 Å². The maximum Gasteiger partial charge on any atom is 0.155 e. The Hall–Kier alpha value is -0.630. The van der Waals surface area contributed by atoms with Crippen LogP contribution in [0.5, 0.6) is 0 Å². The Bertz CT molecular complexity index is 508. The van der Waals surface area contributed by atoms with Crippen LogP contribution < -0.4 is 0 Å². The number of hydrogen-bond donors (Lipinski definition) is 1. The van der Waals surface area contributed by atoms with Crippen LogP contribution in [0, 0.1) is 28.6 Å². The molecule has 0 spiro atoms. The number of allylic oxidation sites excluding steroid dienone is 1. The van der Waals surface area contributed by atoms with E-state index in [1.165, 1.54) is 31.3 Å². The van der Waals surface area contributed by atoms with Gasteiger partial charge in [0.15, 0.2) is 5.78 Å². The van der Waals surface area contributed by atoms with Gasteiger partial charge in [-0.1, -0.05) is 25.8 Å². The highest BCUT2D eigenvalue weighted by Crippen LogP contribution is 2.65. The molecule has 0 bridgehead atoms. The SMILES string of the molecule is C[C@@]12CCC[C@H]1[C@@H]1CCC3=CC(=O)CC[C@]3(C)[C@H]1C(O)C2. The first kappa shape index (κ1) is 14.0. The third-order valence-electron chi connectivity index (χ3n) is 7.67. The maximum absolute atomic E-state index is 11.8. The number of aliphatic hydroxyl groups excluding tert-OH is 1. The number of aliphatic hydroxyl groups is 1. The zero-order chi connectivity index (χ0) is 14.8. The third-order valence-corrected chi connectivity index (χ3v) is 7.67. The van der Waals surface area contributed by atoms with Crippen molar-refractivity contribution in [2.75, 3.05) is 0 Å². The van der Waals surface area contributed by atoms with Gasteiger partial charge in [-0.3, -0.25) is 4.79 Å². The van der Waals surface area contributed by atoms with Gasteiger partial charge in [0.1, 0.15) is 0 Å². The first-order valence-electron chi connectivity index (χ1n) is 8.86. The topological polar surface area (TPSA) is 37.3 Å². The molecule has 3 saturated carbocycles. The van der Waals surface area contributed by atoms with E-state index in [9.17, 15) is 9.90 Å². The normalized spacial score (nSPS) is 52.7. The van der Waals surface area contributed by atoms with E-state index < -0.39 is 0 Å². The van der Waals surface area contributed by atoms with Crippen molar-refractivity contribution in [2.45, 2.75) is 71.3 Å². The molecule has 4 rings (SSSR count). The Balaban J connectivity index is 1.74. The highest BCUT2D eigenvalue weighted by Gasteiger charge is 2.59. The van der Waals surface area contributed by atoms with Crippen molar-refractivity contribution in [1.29, 1.82) is 0 Å². The fourth-order valence-corrected chi connectivity index (χ4v) is 6.70. The maximum atomic E-state index is 11.8. The number of ketones is 1. The standard InChI is InChI=1S/C19H28O2/c1-18-8-3-4-15(18)14-6-5-12-10-13(20)7-9-19(12,2)17(14)16(21)11-18/h10,14-17,21H,3-9,11H2,1-2H3/t14-,15-,16?,17+,18-,19-/m0/s1. The van der Waals surface area contributed by atoms with Crippen LogP contribution in [0.1, 0.15) is 65.2 Å². The molecule has 4 aliphatic carbocycles. The van der Waals surface area contributed by atoms with Crippen molar-refractivity contribution in [1.82, 2.24) is 0 Å². The summed E-state index contributed by atoms with van der Waals surface area (Å²) in [6, 6.07) is 0. The van der Waals surface area contributed by atoms with E-state index in [0.29, 0.717) is 29.5 Å². The second-order valence-corrected chi connectivity index (χ2v) is 8.71. The summed E-state index contributed by atoms with van der Waals surface area (Å²) in [4.78, 5) is 11.8. The van der Waals surface area contributed by atoms with Gasteiger partial charge in [-0.05, 0) is 73.2 Å². The molecular weight excluding hydrogens is 260 g/mol. The van der Waals surface area contributed by atoms with E-state index in [1.54, 1.807) is 0 Å². The van der Waals surface area contributed by atoms with Crippen LogP contribution in [0.15, 0.2) is 11.6 Å². The van der Waals surface area contributed by atoms with Crippen LogP contribution in [0.3, 0.4) is 0 Å². The zero-order valence-corrected chi connectivity index (χ0v) is 13.4. The van der Waals surface area contributed by atoms with Crippen molar-refractivity contribution in [3.05, 3.63) is 11.6 Å². The van der Waals surface area contributed by atoms with E-state index in [1.807, 2.05) is 6.08 Å². The second kappa shape index (κ2) is 4.44. The number of rotatable bonds is 0. The van der Waals surface area contributed by atoms with Gasteiger partial charge in [0, 0.05) is 6.42 Å². The minimum absolute atomic E-state index is 0.0835. The Kier molecular flexibility index (Phi) is 2.96. The van der Waals surface area contributed by atoms with E-state index in [2.05, 4.69) is 13.8 Å². The molecule has 0 amide bonds. The number of carbonyl (C=O) groups excluding carboxylic acids is 1. The molecule has 0 aromatic rings. The Labute approximate surface area is 128 Å². The molecule has 0 aromatic carbocycles. The molecule has 0 aliphatic heterocycles. The number of hydrogen-bond acceptors (Lipinski definition) is 2. The summed E-state index contributed by atoms with van der Waals surface area (Å²) in [6.45, 7) is 4.76. The van der Waals surface area contributed by atoms with Crippen LogP contribution in [0.25, 0.3) is 0 Å². The predicted octanol–water partition coefficient (Wildman–Crippen LogP) is 3.88. The van der Waals surface area contributed by atoms with Crippen LogP contribution in [0.2, 0.25) is 0 Å². The summed E-state index contributed by atoms with van der Waals surface area (Å²) in [5, 5.41) is 11.0. The lowest BCUT2D eigenvalue weighted by Gasteiger charge is -2.59. The molecule has 2 nitrogen and oxygen atoms in total. The molecule has 0 radical (unpaired) electrons. The van der Waals surface area contributed by atoms with Gasteiger partial charge in [0.25, 0.3) is 0 Å². The number of fused-ring (bicyclic) bond motifs is 5. The van der Waals surface area contributed by atoms with E-state index in [-0.39, 0.29) is 11.5 Å². The molecule has 1 unspecified atom stereocenters. The fourth-order valence-electron chi connectivity index (χ4n) is 6.70. The second-order valence-electron chi connectivity index (χ2n) is 8.71. The fraction of sp³-hybridized carbons (Fsp3) is 0.842. The van der Waals surface area contributed by atoms with Crippen molar-refractivity contribution in [3.8, 4) is 0 Å².